The summed E-state index contributed by atoms with van der Waals surface area (Å²) in [6.07, 6.45) is 2.60. The Morgan fingerprint density at radius 3 is 2.58 bits per heavy atom. The number of carbonyl (C=O) groups excluding carboxylic acids is 1. The topological polar surface area (TPSA) is 61.4 Å². The van der Waals surface area contributed by atoms with Crippen LogP contribution in [0.15, 0.2) is 6.33 Å². The Kier molecular flexibility index (Phi) is 6.51. The maximum Gasteiger partial charge on any atom is 0.264 e. The van der Waals surface area contributed by atoms with Crippen LogP contribution in [0.1, 0.15) is 35.5 Å². The lowest BCUT2D eigenvalue weighted by atomic mass is 10.2. The molecule has 2 rings (SSSR count). The predicted octanol–water partition coefficient (Wildman–Crippen LogP) is 2.85. The molecule has 0 aliphatic carbocycles. The molecule has 0 aromatic carbocycles. The van der Waals surface area contributed by atoms with Crippen molar-refractivity contribution in [2.75, 3.05) is 45.6 Å². The van der Waals surface area contributed by atoms with Crippen molar-refractivity contribution in [1.82, 2.24) is 19.8 Å². The monoisotopic (exact) mass is 349 g/mol. The van der Waals surface area contributed by atoms with Gasteiger partial charge in [0, 0.05) is 19.6 Å². The van der Waals surface area contributed by atoms with E-state index in [0.717, 1.165) is 46.0 Å². The van der Waals surface area contributed by atoms with Crippen LogP contribution in [-0.4, -0.2) is 65.9 Å². The molecule has 2 aromatic heterocycles. The Bertz CT molecular complexity index is 694. The van der Waals surface area contributed by atoms with Gasteiger partial charge < -0.3 is 15.1 Å². The normalized spacial score (nSPS) is 11.2. The highest BCUT2D eigenvalue weighted by molar-refractivity contribution is 7.20. The zero-order valence-corrected chi connectivity index (χ0v) is 16.0. The van der Waals surface area contributed by atoms with Crippen LogP contribution in [0.2, 0.25) is 0 Å². The summed E-state index contributed by atoms with van der Waals surface area (Å²) in [5.74, 6) is 0.908. The van der Waals surface area contributed by atoms with Gasteiger partial charge in [-0.15, -0.1) is 11.3 Å². The fourth-order valence-electron chi connectivity index (χ4n) is 2.67. The Balaban J connectivity index is 2.27. The number of aromatic nitrogens is 2. The van der Waals surface area contributed by atoms with Crippen LogP contribution in [0.4, 0.5) is 5.82 Å². The highest BCUT2D eigenvalue weighted by atomic mass is 32.1. The van der Waals surface area contributed by atoms with E-state index in [-0.39, 0.29) is 5.91 Å². The van der Waals surface area contributed by atoms with Gasteiger partial charge in [0.1, 0.15) is 17.0 Å². The molecule has 0 atom stereocenters. The van der Waals surface area contributed by atoms with Crippen LogP contribution in [-0.2, 0) is 0 Å². The summed E-state index contributed by atoms with van der Waals surface area (Å²) >= 11 is 1.46. The second-order valence-corrected chi connectivity index (χ2v) is 7.02. The Morgan fingerprint density at radius 1 is 1.25 bits per heavy atom. The van der Waals surface area contributed by atoms with Gasteiger partial charge in [0.25, 0.3) is 5.91 Å². The van der Waals surface area contributed by atoms with E-state index in [1.165, 1.54) is 11.3 Å². The second-order valence-electron chi connectivity index (χ2n) is 6.02. The number of nitrogens with one attached hydrogen (secondary N) is 1. The summed E-state index contributed by atoms with van der Waals surface area (Å²) in [6.45, 7) is 9.29. The molecule has 0 bridgehead atoms. The minimum Gasteiger partial charge on any atom is -0.369 e. The number of hydrogen-bond acceptors (Lipinski definition) is 6. The van der Waals surface area contributed by atoms with E-state index >= 15 is 0 Å². The number of rotatable bonds is 8. The molecule has 0 fully saturated rings. The zero-order chi connectivity index (χ0) is 17.7. The van der Waals surface area contributed by atoms with Gasteiger partial charge in [-0.1, -0.05) is 0 Å². The minimum atomic E-state index is 0.0825. The molecule has 1 N–H and O–H groups in total. The lowest BCUT2D eigenvalue weighted by Crippen LogP contribution is -2.30. The van der Waals surface area contributed by atoms with Gasteiger partial charge in [-0.3, -0.25) is 4.79 Å². The average molecular weight is 350 g/mol. The number of nitrogens with zero attached hydrogens (tertiary/aromatic N) is 4. The molecule has 0 radical (unpaired) electrons. The van der Waals surface area contributed by atoms with E-state index in [2.05, 4.69) is 34.3 Å². The third-order valence-electron chi connectivity index (χ3n) is 4.05. The summed E-state index contributed by atoms with van der Waals surface area (Å²) in [5.41, 5.74) is 0.975. The van der Waals surface area contributed by atoms with Gasteiger partial charge in [-0.25, -0.2) is 9.97 Å². The van der Waals surface area contributed by atoms with Gasteiger partial charge in [0.15, 0.2) is 0 Å². The molecule has 24 heavy (non-hydrogen) atoms. The van der Waals surface area contributed by atoms with Crippen molar-refractivity contribution in [2.24, 2.45) is 0 Å². The molecular weight excluding hydrogens is 322 g/mol. The highest BCUT2D eigenvalue weighted by Crippen LogP contribution is 2.33. The molecule has 0 aliphatic heterocycles. The number of carbonyl (C=O) groups is 1. The SMILES string of the molecule is CCN(CC)C(=O)c1sc2ncnc(NCCCN(C)C)c2c1C. The van der Waals surface area contributed by atoms with E-state index in [1.807, 2.05) is 25.7 Å². The van der Waals surface area contributed by atoms with E-state index in [9.17, 15) is 4.79 Å². The van der Waals surface area contributed by atoms with Crippen LogP contribution in [0, 0.1) is 6.92 Å². The van der Waals surface area contributed by atoms with Crippen LogP contribution in [0.5, 0.6) is 0 Å². The van der Waals surface area contributed by atoms with Gasteiger partial charge in [0.2, 0.25) is 0 Å². The molecule has 0 saturated carbocycles. The number of aryl methyl sites for hydroxylation is 1. The van der Waals surface area contributed by atoms with Crippen LogP contribution in [0.25, 0.3) is 10.2 Å². The third kappa shape index (κ3) is 4.02. The number of hydrogen-bond donors (Lipinski definition) is 1. The number of fused-ring (bicyclic) bond motifs is 1. The van der Waals surface area contributed by atoms with Crippen molar-refractivity contribution in [2.45, 2.75) is 27.2 Å². The van der Waals surface area contributed by atoms with Crippen molar-refractivity contribution in [1.29, 1.82) is 0 Å². The first-order chi connectivity index (χ1) is 11.5. The highest BCUT2D eigenvalue weighted by Gasteiger charge is 2.22. The van der Waals surface area contributed by atoms with E-state index in [1.54, 1.807) is 6.33 Å². The van der Waals surface area contributed by atoms with Gasteiger partial charge in [0.05, 0.1) is 10.3 Å². The summed E-state index contributed by atoms with van der Waals surface area (Å²) in [4.78, 5) is 27.1. The van der Waals surface area contributed by atoms with E-state index < -0.39 is 0 Å². The Morgan fingerprint density at radius 2 is 1.96 bits per heavy atom. The fourth-order valence-corrected chi connectivity index (χ4v) is 3.78. The van der Waals surface area contributed by atoms with Crippen molar-refractivity contribution in [3.63, 3.8) is 0 Å². The largest absolute Gasteiger partial charge is 0.369 e. The molecule has 2 aromatic rings. The first-order valence-electron chi connectivity index (χ1n) is 8.41. The maximum absolute atomic E-state index is 12.7. The molecule has 0 aliphatic rings. The smallest absolute Gasteiger partial charge is 0.264 e. The number of amides is 1. The standard InChI is InChI=1S/C17H27N5OS/c1-6-22(7-2)17(23)14-12(3)13-15(18-9-8-10-21(4)5)19-11-20-16(13)24-14/h11H,6-10H2,1-5H3,(H,18,19,20). The van der Waals surface area contributed by atoms with Crippen LogP contribution < -0.4 is 5.32 Å². The third-order valence-corrected chi connectivity index (χ3v) is 5.23. The van der Waals surface area contributed by atoms with E-state index in [0.29, 0.717) is 13.1 Å². The Hall–Kier alpha value is -1.73. The molecule has 132 valence electrons. The molecular formula is C17H27N5OS. The first kappa shape index (κ1) is 18.6. The fraction of sp³-hybridized carbons (Fsp3) is 0.588. The minimum absolute atomic E-state index is 0.0825. The average Bonchev–Trinajstić information content (AvgIpc) is 2.90. The van der Waals surface area contributed by atoms with Crippen molar-refractivity contribution >= 4 is 33.3 Å². The number of anilines is 1. The van der Waals surface area contributed by atoms with Crippen LogP contribution in [0.3, 0.4) is 0 Å². The first-order valence-corrected chi connectivity index (χ1v) is 9.23. The molecule has 2 heterocycles. The zero-order valence-electron chi connectivity index (χ0n) is 15.2. The maximum atomic E-state index is 12.7. The van der Waals surface area contributed by atoms with Gasteiger partial charge in [-0.05, 0) is 53.4 Å². The second kappa shape index (κ2) is 8.39. The van der Waals surface area contributed by atoms with Crippen molar-refractivity contribution in [3.05, 3.63) is 16.8 Å². The van der Waals surface area contributed by atoms with E-state index in [4.69, 9.17) is 0 Å². The van der Waals surface area contributed by atoms with Crippen molar-refractivity contribution < 1.29 is 4.79 Å². The van der Waals surface area contributed by atoms with Gasteiger partial charge >= 0.3 is 0 Å². The van der Waals surface area contributed by atoms with Gasteiger partial charge in [-0.2, -0.15) is 0 Å². The molecule has 6 nitrogen and oxygen atoms in total. The molecule has 1 amide bonds. The Labute approximate surface area is 147 Å². The lowest BCUT2D eigenvalue weighted by Gasteiger charge is -2.17. The summed E-state index contributed by atoms with van der Waals surface area (Å²) in [6, 6.07) is 0. The lowest BCUT2D eigenvalue weighted by molar-refractivity contribution is 0.0777. The molecule has 0 saturated heterocycles. The van der Waals surface area contributed by atoms with Crippen molar-refractivity contribution in [3.8, 4) is 0 Å². The molecule has 0 spiro atoms. The predicted molar refractivity (Wildman–Crippen MR) is 101 cm³/mol. The molecule has 7 heteroatoms. The summed E-state index contributed by atoms with van der Waals surface area (Å²) in [5, 5.41) is 4.37. The molecule has 0 unspecified atom stereocenters. The van der Waals surface area contributed by atoms with Crippen LogP contribution >= 0.6 is 11.3 Å². The quantitative estimate of drug-likeness (QED) is 0.743. The number of thiophene rings is 1. The summed E-state index contributed by atoms with van der Waals surface area (Å²) < 4.78 is 0. The summed E-state index contributed by atoms with van der Waals surface area (Å²) in [7, 11) is 4.13.